The largest absolute Gasteiger partial charge is 0.393 e. The van der Waals surface area contributed by atoms with Crippen LogP contribution >= 0.6 is 0 Å². The van der Waals surface area contributed by atoms with Gasteiger partial charge in [0.05, 0.1) is 6.10 Å². The van der Waals surface area contributed by atoms with Gasteiger partial charge in [-0.15, -0.1) is 0 Å². The number of hydrogen-bond acceptors (Lipinski definition) is 1. The Balaban J connectivity index is 1.86. The molecule has 3 fully saturated rings. The molecule has 0 amide bonds. The number of aliphatic hydroxyl groups is 1. The molecule has 1 nitrogen and oxygen atoms in total. The summed E-state index contributed by atoms with van der Waals surface area (Å²) in [6, 6.07) is 0. The van der Waals surface area contributed by atoms with E-state index < -0.39 is 0 Å². The molecule has 3 aliphatic carbocycles. The van der Waals surface area contributed by atoms with Crippen LogP contribution in [0, 0.1) is 34.5 Å². The third-order valence-corrected chi connectivity index (χ3v) is 7.60. The molecular formula is C17H30O. The Morgan fingerprint density at radius 1 is 1.06 bits per heavy atom. The van der Waals surface area contributed by atoms with Crippen LogP contribution < -0.4 is 0 Å². The van der Waals surface area contributed by atoms with Gasteiger partial charge >= 0.3 is 0 Å². The minimum atomic E-state index is -0.0317. The molecule has 0 spiro atoms. The highest BCUT2D eigenvalue weighted by Gasteiger charge is 2.63. The first-order chi connectivity index (χ1) is 8.38. The van der Waals surface area contributed by atoms with Gasteiger partial charge in [-0.2, -0.15) is 0 Å². The lowest BCUT2D eigenvalue weighted by atomic mass is 9.59. The maximum absolute atomic E-state index is 10.6. The van der Waals surface area contributed by atoms with Crippen LogP contribution in [0.2, 0.25) is 0 Å². The van der Waals surface area contributed by atoms with Gasteiger partial charge in [-0.3, -0.25) is 0 Å². The van der Waals surface area contributed by atoms with Crippen molar-refractivity contribution in [2.75, 3.05) is 0 Å². The van der Waals surface area contributed by atoms with Crippen LogP contribution in [0.4, 0.5) is 0 Å². The monoisotopic (exact) mass is 250 g/mol. The summed E-state index contributed by atoms with van der Waals surface area (Å²) in [6.07, 6.45) is 8.02. The summed E-state index contributed by atoms with van der Waals surface area (Å²) in [5, 5.41) is 10.6. The van der Waals surface area contributed by atoms with E-state index in [9.17, 15) is 5.11 Å². The quantitative estimate of drug-likeness (QED) is 0.738. The van der Waals surface area contributed by atoms with Crippen molar-refractivity contribution in [3.63, 3.8) is 0 Å². The topological polar surface area (TPSA) is 20.2 Å². The molecular weight excluding hydrogens is 220 g/mol. The molecule has 1 heteroatoms. The Morgan fingerprint density at radius 3 is 2.33 bits per heavy atom. The molecule has 2 bridgehead atoms. The second-order valence-corrected chi connectivity index (χ2v) is 8.28. The summed E-state index contributed by atoms with van der Waals surface area (Å²) >= 11 is 0. The van der Waals surface area contributed by atoms with Crippen molar-refractivity contribution in [2.45, 2.75) is 72.3 Å². The summed E-state index contributed by atoms with van der Waals surface area (Å²) in [7, 11) is 0. The SMILES string of the molecule is C[C@@H]1CCC[C@H]([C@H]2C[C@@H]3CC[C@@]2(C)C3(C)C)[C@H]1O. The molecule has 18 heavy (non-hydrogen) atoms. The summed E-state index contributed by atoms with van der Waals surface area (Å²) in [5.74, 6) is 2.80. The zero-order valence-corrected chi connectivity index (χ0v) is 12.6. The molecule has 0 aromatic carbocycles. The fourth-order valence-electron chi connectivity index (χ4n) is 5.79. The van der Waals surface area contributed by atoms with Gasteiger partial charge in [-0.25, -0.2) is 0 Å². The van der Waals surface area contributed by atoms with Gasteiger partial charge in [-0.05, 0) is 66.6 Å². The van der Waals surface area contributed by atoms with E-state index in [1.807, 2.05) is 0 Å². The van der Waals surface area contributed by atoms with Crippen molar-refractivity contribution in [1.29, 1.82) is 0 Å². The van der Waals surface area contributed by atoms with E-state index in [2.05, 4.69) is 27.7 Å². The maximum atomic E-state index is 10.6. The first-order valence-electron chi connectivity index (χ1n) is 8.06. The lowest BCUT2D eigenvalue weighted by Crippen LogP contribution is -2.43. The molecule has 0 unspecified atom stereocenters. The van der Waals surface area contributed by atoms with Gasteiger partial charge in [-0.1, -0.05) is 34.1 Å². The summed E-state index contributed by atoms with van der Waals surface area (Å²) in [5.41, 5.74) is 0.985. The second-order valence-electron chi connectivity index (χ2n) is 8.28. The Hall–Kier alpha value is -0.0400. The van der Waals surface area contributed by atoms with E-state index in [0.717, 1.165) is 11.8 Å². The van der Waals surface area contributed by atoms with E-state index in [-0.39, 0.29) is 6.10 Å². The van der Waals surface area contributed by atoms with E-state index in [0.29, 0.717) is 22.7 Å². The van der Waals surface area contributed by atoms with Crippen LogP contribution in [-0.2, 0) is 0 Å². The van der Waals surface area contributed by atoms with E-state index in [4.69, 9.17) is 0 Å². The molecule has 3 rings (SSSR count). The van der Waals surface area contributed by atoms with Crippen molar-refractivity contribution < 1.29 is 5.11 Å². The van der Waals surface area contributed by atoms with Gasteiger partial charge in [0, 0.05) is 0 Å². The van der Waals surface area contributed by atoms with Crippen LogP contribution in [0.3, 0.4) is 0 Å². The first kappa shape index (κ1) is 13.0. The summed E-state index contributed by atoms with van der Waals surface area (Å²) in [4.78, 5) is 0. The molecule has 104 valence electrons. The van der Waals surface area contributed by atoms with Crippen LogP contribution in [-0.4, -0.2) is 11.2 Å². The Morgan fingerprint density at radius 2 is 1.78 bits per heavy atom. The highest BCUT2D eigenvalue weighted by atomic mass is 16.3. The van der Waals surface area contributed by atoms with Gasteiger partial charge < -0.3 is 5.11 Å². The molecule has 0 aromatic rings. The maximum Gasteiger partial charge on any atom is 0.0596 e. The Bertz CT molecular complexity index is 335. The van der Waals surface area contributed by atoms with Gasteiger partial charge in [0.2, 0.25) is 0 Å². The molecule has 6 atom stereocenters. The third-order valence-electron chi connectivity index (χ3n) is 7.60. The van der Waals surface area contributed by atoms with Gasteiger partial charge in [0.15, 0.2) is 0 Å². The zero-order valence-electron chi connectivity index (χ0n) is 12.6. The molecule has 3 saturated carbocycles. The fourth-order valence-corrected chi connectivity index (χ4v) is 5.79. The minimum absolute atomic E-state index is 0.0317. The van der Waals surface area contributed by atoms with Crippen molar-refractivity contribution in [3.8, 4) is 0 Å². The van der Waals surface area contributed by atoms with E-state index >= 15 is 0 Å². The summed E-state index contributed by atoms with van der Waals surface area (Å²) in [6.45, 7) is 9.75. The number of rotatable bonds is 1. The van der Waals surface area contributed by atoms with Crippen LogP contribution in [0.1, 0.15) is 66.2 Å². The van der Waals surface area contributed by atoms with Gasteiger partial charge in [0.25, 0.3) is 0 Å². The fraction of sp³-hybridized carbons (Fsp3) is 1.00. The van der Waals surface area contributed by atoms with Crippen molar-refractivity contribution in [2.24, 2.45) is 34.5 Å². The zero-order chi connectivity index (χ0) is 13.1. The lowest BCUT2D eigenvalue weighted by molar-refractivity contribution is -0.0455. The predicted molar refractivity (Wildman–Crippen MR) is 75.2 cm³/mol. The number of fused-ring (bicyclic) bond motifs is 2. The average Bonchev–Trinajstić information content (AvgIpc) is 2.65. The van der Waals surface area contributed by atoms with E-state index in [1.165, 1.54) is 38.5 Å². The molecule has 0 aliphatic heterocycles. The van der Waals surface area contributed by atoms with Gasteiger partial charge in [0.1, 0.15) is 0 Å². The average molecular weight is 250 g/mol. The van der Waals surface area contributed by atoms with Crippen molar-refractivity contribution in [1.82, 2.24) is 0 Å². The first-order valence-corrected chi connectivity index (χ1v) is 8.06. The number of hydrogen-bond donors (Lipinski definition) is 1. The van der Waals surface area contributed by atoms with Crippen molar-refractivity contribution in [3.05, 3.63) is 0 Å². The standard InChI is InChI=1S/C17H30O/c1-11-6-5-7-13(15(11)18)14-10-12-8-9-17(14,4)16(12,2)3/h11-15,18H,5-10H2,1-4H3/t11-,12+,13-,14-,15+,17-/m1/s1. The third kappa shape index (κ3) is 1.49. The predicted octanol–water partition coefficient (Wildman–Crippen LogP) is 4.25. The van der Waals surface area contributed by atoms with Crippen LogP contribution in [0.15, 0.2) is 0 Å². The van der Waals surface area contributed by atoms with Crippen LogP contribution in [0.5, 0.6) is 0 Å². The second kappa shape index (κ2) is 3.98. The smallest absolute Gasteiger partial charge is 0.0596 e. The summed E-state index contributed by atoms with van der Waals surface area (Å²) < 4.78 is 0. The van der Waals surface area contributed by atoms with Crippen LogP contribution in [0.25, 0.3) is 0 Å². The highest BCUT2D eigenvalue weighted by molar-refractivity contribution is 5.12. The molecule has 0 radical (unpaired) electrons. The number of aliphatic hydroxyl groups excluding tert-OH is 1. The Kier molecular flexibility index (Phi) is 2.86. The van der Waals surface area contributed by atoms with E-state index in [1.54, 1.807) is 0 Å². The normalized spacial score (nSPS) is 54.8. The molecule has 0 aromatic heterocycles. The minimum Gasteiger partial charge on any atom is -0.393 e. The Labute approximate surface area is 112 Å². The van der Waals surface area contributed by atoms with Crippen molar-refractivity contribution >= 4 is 0 Å². The molecule has 1 N–H and O–H groups in total. The molecule has 0 saturated heterocycles. The lowest BCUT2D eigenvalue weighted by Gasteiger charge is -2.46. The highest BCUT2D eigenvalue weighted by Crippen LogP contribution is 2.70. The molecule has 3 aliphatic rings. The molecule has 0 heterocycles.